The van der Waals surface area contributed by atoms with E-state index in [1.807, 2.05) is 22.7 Å². The number of fused-ring (bicyclic) bond motifs is 1. The first-order chi connectivity index (χ1) is 14.2. The Kier molecular flexibility index (Phi) is 5.94. The number of hydrogen-bond donors (Lipinski definition) is 1. The molecule has 0 bridgehead atoms. The Labute approximate surface area is 180 Å². The third kappa shape index (κ3) is 4.14. The van der Waals surface area contributed by atoms with Crippen LogP contribution in [0, 0.1) is 5.92 Å². The number of hydrogen-bond acceptors (Lipinski definition) is 3. The molecule has 3 heterocycles. The van der Waals surface area contributed by atoms with Crippen molar-refractivity contribution in [3.05, 3.63) is 40.7 Å². The summed E-state index contributed by atoms with van der Waals surface area (Å²) in [5, 5.41) is 11.3. The largest absolute Gasteiger partial charge is 0.390 e. The normalized spacial score (nSPS) is 27.4. The molecule has 1 aliphatic heterocycles. The zero-order chi connectivity index (χ0) is 21.5. The van der Waals surface area contributed by atoms with Crippen LogP contribution < -0.4 is 0 Å². The van der Waals surface area contributed by atoms with E-state index in [-0.39, 0.29) is 43.8 Å². The Hall–Kier alpha value is -1.50. The molecule has 0 aromatic carbocycles. The van der Waals surface area contributed by atoms with Crippen molar-refractivity contribution in [2.75, 3.05) is 13.2 Å². The van der Waals surface area contributed by atoms with Gasteiger partial charge >= 0.3 is 0 Å². The van der Waals surface area contributed by atoms with Crippen molar-refractivity contribution in [1.82, 2.24) is 4.40 Å². The average molecular weight is 440 g/mol. The van der Waals surface area contributed by atoms with Crippen LogP contribution in [-0.4, -0.2) is 40.0 Å². The molecule has 30 heavy (non-hydrogen) atoms. The van der Waals surface area contributed by atoms with Crippen LogP contribution in [-0.2, 0) is 4.74 Å². The summed E-state index contributed by atoms with van der Waals surface area (Å²) < 4.78 is 35.1. The molecule has 2 unspecified atom stereocenters. The van der Waals surface area contributed by atoms with E-state index in [1.165, 1.54) is 6.92 Å². The second-order valence-electron chi connectivity index (χ2n) is 8.96. The quantitative estimate of drug-likeness (QED) is 0.613. The van der Waals surface area contributed by atoms with E-state index in [2.05, 4.69) is 0 Å². The Morgan fingerprint density at radius 3 is 2.77 bits per heavy atom. The fraction of sp³-hybridized carbons (Fsp3) is 0.609. The van der Waals surface area contributed by atoms with Crippen LogP contribution in [0.15, 0.2) is 24.4 Å². The van der Waals surface area contributed by atoms with Gasteiger partial charge in [0.15, 0.2) is 5.78 Å². The maximum atomic E-state index is 13.8. The number of Topliss-reactive ketones (excluding diaryl/α,β-unsaturated/α-hetero) is 1. The van der Waals surface area contributed by atoms with E-state index >= 15 is 0 Å². The Balaban J connectivity index is 1.56. The molecule has 1 saturated carbocycles. The number of nitrogens with zero attached hydrogens (tertiary/aromatic N) is 1. The summed E-state index contributed by atoms with van der Waals surface area (Å²) >= 11 is 6.45. The van der Waals surface area contributed by atoms with Crippen molar-refractivity contribution in [2.24, 2.45) is 5.92 Å². The molecule has 1 N–H and O–H groups in total. The topological polar surface area (TPSA) is 50.9 Å². The highest BCUT2D eigenvalue weighted by molar-refractivity contribution is 6.35. The van der Waals surface area contributed by atoms with Gasteiger partial charge in [0, 0.05) is 55.3 Å². The molecule has 0 radical (unpaired) electrons. The number of ether oxygens (including phenoxy) is 1. The minimum atomic E-state index is -2.75. The predicted molar refractivity (Wildman–Crippen MR) is 112 cm³/mol. The molecule has 7 heteroatoms. The highest BCUT2D eigenvalue weighted by atomic mass is 35.5. The van der Waals surface area contributed by atoms with Crippen LogP contribution in [0.4, 0.5) is 8.78 Å². The molecule has 0 amide bonds. The van der Waals surface area contributed by atoms with Gasteiger partial charge in [0.05, 0.1) is 16.1 Å². The number of carbonyl (C=O) groups excluding carboxylic acids is 1. The van der Waals surface area contributed by atoms with Gasteiger partial charge in [-0.2, -0.15) is 0 Å². The summed E-state index contributed by atoms with van der Waals surface area (Å²) in [6.45, 7) is 2.85. The molecule has 0 spiro atoms. The zero-order valence-electron chi connectivity index (χ0n) is 17.2. The minimum absolute atomic E-state index is 0.0118. The number of pyridine rings is 1. The van der Waals surface area contributed by atoms with E-state index in [0.717, 1.165) is 18.5 Å². The minimum Gasteiger partial charge on any atom is -0.390 e. The van der Waals surface area contributed by atoms with Crippen molar-refractivity contribution in [2.45, 2.75) is 69.3 Å². The van der Waals surface area contributed by atoms with Gasteiger partial charge in [-0.15, -0.1) is 0 Å². The van der Waals surface area contributed by atoms with Crippen LogP contribution in [0.5, 0.6) is 0 Å². The number of halogens is 3. The lowest BCUT2D eigenvalue weighted by molar-refractivity contribution is -0.142. The summed E-state index contributed by atoms with van der Waals surface area (Å²) in [6, 6.07) is 5.54. The van der Waals surface area contributed by atoms with Gasteiger partial charge < -0.3 is 14.2 Å². The number of carbonyl (C=O) groups is 1. The third-order valence-electron chi connectivity index (χ3n) is 6.86. The SMILES string of the molecule is CC1CC(O)(CCC(=O)c2cc(C3CCOCC3)n3cccc(Cl)c23)CCC1(F)F. The molecule has 1 aliphatic carbocycles. The monoisotopic (exact) mass is 439 g/mol. The molecule has 4 rings (SSSR count). The zero-order valence-corrected chi connectivity index (χ0v) is 17.9. The van der Waals surface area contributed by atoms with Crippen molar-refractivity contribution in [3.8, 4) is 0 Å². The van der Waals surface area contributed by atoms with Gasteiger partial charge in [-0.3, -0.25) is 4.79 Å². The smallest absolute Gasteiger partial charge is 0.250 e. The highest BCUT2D eigenvalue weighted by Crippen LogP contribution is 2.44. The second-order valence-corrected chi connectivity index (χ2v) is 9.37. The number of rotatable bonds is 5. The summed E-state index contributed by atoms with van der Waals surface area (Å²) in [4.78, 5) is 13.1. The maximum absolute atomic E-state index is 13.8. The highest BCUT2D eigenvalue weighted by Gasteiger charge is 2.47. The third-order valence-corrected chi connectivity index (χ3v) is 7.16. The molecule has 2 atom stereocenters. The number of aliphatic hydroxyl groups is 1. The molecule has 164 valence electrons. The fourth-order valence-corrected chi connectivity index (χ4v) is 5.20. The summed E-state index contributed by atoms with van der Waals surface area (Å²) in [5.41, 5.74) is 1.05. The van der Waals surface area contributed by atoms with Crippen LogP contribution in [0.1, 0.15) is 73.8 Å². The first-order valence-corrected chi connectivity index (χ1v) is 11.1. The van der Waals surface area contributed by atoms with Crippen LogP contribution in [0.25, 0.3) is 5.52 Å². The number of ketones is 1. The molecule has 2 aliphatic rings. The molecule has 2 aromatic rings. The lowest BCUT2D eigenvalue weighted by Crippen LogP contribution is -2.44. The van der Waals surface area contributed by atoms with E-state index in [4.69, 9.17) is 16.3 Å². The average Bonchev–Trinajstić information content (AvgIpc) is 3.12. The van der Waals surface area contributed by atoms with Crippen molar-refractivity contribution < 1.29 is 23.4 Å². The van der Waals surface area contributed by atoms with Gasteiger partial charge in [0.25, 0.3) is 5.92 Å². The van der Waals surface area contributed by atoms with Gasteiger partial charge in [0.2, 0.25) is 0 Å². The van der Waals surface area contributed by atoms with Crippen LogP contribution >= 0.6 is 11.6 Å². The summed E-state index contributed by atoms with van der Waals surface area (Å²) in [7, 11) is 0. The van der Waals surface area contributed by atoms with E-state index in [9.17, 15) is 18.7 Å². The molecule has 2 fully saturated rings. The Morgan fingerprint density at radius 2 is 2.07 bits per heavy atom. The van der Waals surface area contributed by atoms with Gasteiger partial charge in [0.1, 0.15) is 0 Å². The molecular formula is C23H28ClF2NO3. The number of alkyl halides is 2. The van der Waals surface area contributed by atoms with Gasteiger partial charge in [-0.1, -0.05) is 18.5 Å². The van der Waals surface area contributed by atoms with Crippen molar-refractivity contribution >= 4 is 22.9 Å². The van der Waals surface area contributed by atoms with Gasteiger partial charge in [-0.25, -0.2) is 8.78 Å². The van der Waals surface area contributed by atoms with Crippen molar-refractivity contribution in [1.29, 1.82) is 0 Å². The fourth-order valence-electron chi connectivity index (χ4n) is 4.94. The first-order valence-electron chi connectivity index (χ1n) is 10.7. The Morgan fingerprint density at radius 1 is 1.33 bits per heavy atom. The lowest BCUT2D eigenvalue weighted by atomic mass is 9.74. The first kappa shape index (κ1) is 21.7. The van der Waals surface area contributed by atoms with Crippen molar-refractivity contribution in [3.63, 3.8) is 0 Å². The molecule has 1 saturated heterocycles. The maximum Gasteiger partial charge on any atom is 0.250 e. The van der Waals surface area contributed by atoms with E-state index < -0.39 is 17.4 Å². The molecular weight excluding hydrogens is 412 g/mol. The Bertz CT molecular complexity index is 938. The molecule has 2 aromatic heterocycles. The standard InChI is InChI=1S/C23H28ClF2NO3/c1-15-14-22(29,8-9-23(15,25)26)7-4-20(28)17-13-19(16-5-11-30-12-6-16)27-10-2-3-18(24)21(17)27/h2-3,10,13,15-16,29H,4-9,11-12,14H2,1H3. The summed E-state index contributed by atoms with van der Waals surface area (Å²) in [6.07, 6.45) is 3.67. The lowest BCUT2D eigenvalue weighted by Gasteiger charge is -2.40. The van der Waals surface area contributed by atoms with E-state index in [0.29, 0.717) is 29.3 Å². The van der Waals surface area contributed by atoms with Crippen LogP contribution in [0.2, 0.25) is 5.02 Å². The predicted octanol–water partition coefficient (Wildman–Crippen LogP) is 5.64. The second kappa shape index (κ2) is 8.21. The summed E-state index contributed by atoms with van der Waals surface area (Å²) in [5.74, 6) is -3.47. The van der Waals surface area contributed by atoms with Gasteiger partial charge in [-0.05, 0) is 50.3 Å². The van der Waals surface area contributed by atoms with Crippen LogP contribution in [0.3, 0.4) is 0 Å². The van der Waals surface area contributed by atoms with E-state index in [1.54, 1.807) is 6.07 Å². The molecule has 4 nitrogen and oxygen atoms in total. The number of aromatic nitrogens is 1.